The highest BCUT2D eigenvalue weighted by atomic mass is 16.5. The molecule has 4 nitrogen and oxygen atoms in total. The molecule has 2 rings (SSSR count). The Morgan fingerprint density at radius 1 is 1.05 bits per heavy atom. The predicted octanol–water partition coefficient (Wildman–Crippen LogP) is 2.75. The number of hydrogen-bond donors (Lipinski definition) is 1. The fraction of sp³-hybridized carbons (Fsp3) is 0.375. The molecule has 1 aromatic carbocycles. The summed E-state index contributed by atoms with van der Waals surface area (Å²) in [5, 5.41) is 11.7. The Morgan fingerprint density at radius 2 is 1.80 bits per heavy atom. The third-order valence-electron chi connectivity index (χ3n) is 3.30. The molecule has 1 aromatic heterocycles. The number of ether oxygens (including phenoxy) is 1. The molecule has 0 fully saturated rings. The van der Waals surface area contributed by atoms with Crippen molar-refractivity contribution >= 4 is 0 Å². The molecule has 2 aromatic rings. The minimum Gasteiger partial charge on any atom is -0.480 e. The van der Waals surface area contributed by atoms with E-state index >= 15 is 0 Å². The topological polar surface area (TPSA) is 47.0 Å². The first-order valence-corrected chi connectivity index (χ1v) is 6.98. The van der Waals surface area contributed by atoms with Gasteiger partial charge >= 0.3 is 0 Å². The Bertz CT molecular complexity index is 475. The van der Waals surface area contributed by atoms with Gasteiger partial charge in [-0.2, -0.15) is 0 Å². The molecule has 0 spiro atoms. The normalized spacial score (nSPS) is 12.2. The lowest BCUT2D eigenvalue weighted by molar-refractivity contribution is 0.390. The zero-order chi connectivity index (χ0) is 14.4. The first kappa shape index (κ1) is 14.5. The molecule has 106 valence electrons. The maximum Gasteiger partial charge on any atom is 0.233 e. The Labute approximate surface area is 120 Å². The molecule has 1 atom stereocenters. The molecule has 0 aliphatic carbocycles. The van der Waals surface area contributed by atoms with Gasteiger partial charge < -0.3 is 10.1 Å². The number of rotatable bonds is 6. The standard InChI is InChI=1S/C16H21N3O/c1-4-12-6-8-13(9-7-12)16(17-5-2)14-10-11-15(20-3)19-18-14/h6-11,16-17H,4-5H2,1-3H3. The summed E-state index contributed by atoms with van der Waals surface area (Å²) in [5.74, 6) is 0.533. The van der Waals surface area contributed by atoms with Crippen LogP contribution in [0.15, 0.2) is 36.4 Å². The van der Waals surface area contributed by atoms with E-state index in [1.165, 1.54) is 11.1 Å². The van der Waals surface area contributed by atoms with Gasteiger partial charge in [0.15, 0.2) is 0 Å². The molecule has 20 heavy (non-hydrogen) atoms. The highest BCUT2D eigenvalue weighted by Crippen LogP contribution is 2.21. The molecule has 0 aliphatic rings. The van der Waals surface area contributed by atoms with Crippen LogP contribution in [0, 0.1) is 0 Å². The summed E-state index contributed by atoms with van der Waals surface area (Å²) in [4.78, 5) is 0. The molecule has 0 amide bonds. The largest absolute Gasteiger partial charge is 0.480 e. The Hall–Kier alpha value is -1.94. The van der Waals surface area contributed by atoms with Crippen molar-refractivity contribution < 1.29 is 4.74 Å². The lowest BCUT2D eigenvalue weighted by atomic mass is 10.0. The summed E-state index contributed by atoms with van der Waals surface area (Å²) in [7, 11) is 1.59. The zero-order valence-electron chi connectivity index (χ0n) is 12.3. The summed E-state index contributed by atoms with van der Waals surface area (Å²) < 4.78 is 5.05. The highest BCUT2D eigenvalue weighted by Gasteiger charge is 2.15. The number of nitrogens with zero attached hydrogens (tertiary/aromatic N) is 2. The van der Waals surface area contributed by atoms with Crippen molar-refractivity contribution in [2.45, 2.75) is 26.3 Å². The maximum absolute atomic E-state index is 5.05. The Morgan fingerprint density at radius 3 is 2.30 bits per heavy atom. The van der Waals surface area contributed by atoms with E-state index in [0.29, 0.717) is 5.88 Å². The molecular formula is C16H21N3O. The lowest BCUT2D eigenvalue weighted by Crippen LogP contribution is -2.23. The molecule has 0 radical (unpaired) electrons. The van der Waals surface area contributed by atoms with Crippen LogP contribution in [0.3, 0.4) is 0 Å². The van der Waals surface area contributed by atoms with E-state index in [1.807, 2.05) is 12.1 Å². The van der Waals surface area contributed by atoms with E-state index in [1.54, 1.807) is 7.11 Å². The summed E-state index contributed by atoms with van der Waals surface area (Å²) in [6, 6.07) is 12.5. The molecule has 0 bridgehead atoms. The van der Waals surface area contributed by atoms with Gasteiger partial charge in [0.25, 0.3) is 0 Å². The third kappa shape index (κ3) is 3.33. The lowest BCUT2D eigenvalue weighted by Gasteiger charge is -2.17. The molecule has 0 aliphatic heterocycles. The van der Waals surface area contributed by atoms with Crippen molar-refractivity contribution in [2.24, 2.45) is 0 Å². The molecular weight excluding hydrogens is 250 g/mol. The minimum atomic E-state index is 0.0595. The van der Waals surface area contributed by atoms with Crippen LogP contribution >= 0.6 is 0 Å². The minimum absolute atomic E-state index is 0.0595. The number of aromatic nitrogens is 2. The van der Waals surface area contributed by atoms with Gasteiger partial charge in [-0.1, -0.05) is 38.1 Å². The summed E-state index contributed by atoms with van der Waals surface area (Å²) in [5.41, 5.74) is 3.44. The molecule has 1 heterocycles. The Kier molecular flexibility index (Phi) is 5.07. The predicted molar refractivity (Wildman–Crippen MR) is 79.9 cm³/mol. The number of aryl methyl sites for hydroxylation is 1. The first-order valence-electron chi connectivity index (χ1n) is 6.98. The molecule has 1 N–H and O–H groups in total. The average Bonchev–Trinajstić information content (AvgIpc) is 2.53. The highest BCUT2D eigenvalue weighted by molar-refractivity contribution is 5.31. The van der Waals surface area contributed by atoms with Crippen LogP contribution in [0.4, 0.5) is 0 Å². The number of methoxy groups -OCH3 is 1. The molecule has 1 unspecified atom stereocenters. The fourth-order valence-electron chi connectivity index (χ4n) is 2.14. The second kappa shape index (κ2) is 7.01. The second-order valence-corrected chi connectivity index (χ2v) is 4.59. The van der Waals surface area contributed by atoms with E-state index in [-0.39, 0.29) is 6.04 Å². The van der Waals surface area contributed by atoms with E-state index in [0.717, 1.165) is 18.7 Å². The fourth-order valence-corrected chi connectivity index (χ4v) is 2.14. The molecule has 0 saturated carbocycles. The molecule has 0 saturated heterocycles. The van der Waals surface area contributed by atoms with Crippen molar-refractivity contribution in [3.8, 4) is 5.88 Å². The van der Waals surface area contributed by atoms with Gasteiger partial charge in [0.05, 0.1) is 18.8 Å². The maximum atomic E-state index is 5.05. The van der Waals surface area contributed by atoms with E-state index in [9.17, 15) is 0 Å². The van der Waals surface area contributed by atoms with E-state index in [2.05, 4.69) is 53.6 Å². The average molecular weight is 271 g/mol. The van der Waals surface area contributed by atoms with Gasteiger partial charge in [-0.05, 0) is 30.2 Å². The van der Waals surface area contributed by atoms with Crippen molar-refractivity contribution in [3.63, 3.8) is 0 Å². The number of hydrogen-bond acceptors (Lipinski definition) is 4. The first-order chi connectivity index (χ1) is 9.78. The zero-order valence-corrected chi connectivity index (χ0v) is 12.3. The van der Waals surface area contributed by atoms with E-state index < -0.39 is 0 Å². The number of benzene rings is 1. The van der Waals surface area contributed by atoms with Crippen LogP contribution in [-0.2, 0) is 6.42 Å². The van der Waals surface area contributed by atoms with Crippen molar-refractivity contribution in [3.05, 3.63) is 53.2 Å². The summed E-state index contributed by atoms with van der Waals surface area (Å²) >= 11 is 0. The van der Waals surface area contributed by atoms with Crippen LogP contribution in [0.5, 0.6) is 5.88 Å². The van der Waals surface area contributed by atoms with Gasteiger partial charge in [-0.15, -0.1) is 10.2 Å². The quantitative estimate of drug-likeness (QED) is 0.877. The van der Waals surface area contributed by atoms with E-state index in [4.69, 9.17) is 4.74 Å². The van der Waals surface area contributed by atoms with Gasteiger partial charge in [-0.3, -0.25) is 0 Å². The van der Waals surface area contributed by atoms with Gasteiger partial charge in [-0.25, -0.2) is 0 Å². The third-order valence-corrected chi connectivity index (χ3v) is 3.30. The Balaban J connectivity index is 2.28. The SMILES string of the molecule is CCNC(c1ccc(CC)cc1)c1ccc(OC)nn1. The van der Waals surface area contributed by atoms with Crippen LogP contribution in [0.1, 0.15) is 36.7 Å². The van der Waals surface area contributed by atoms with Crippen LogP contribution in [0.2, 0.25) is 0 Å². The van der Waals surface area contributed by atoms with Crippen LogP contribution in [0.25, 0.3) is 0 Å². The molecule has 4 heteroatoms. The summed E-state index contributed by atoms with van der Waals surface area (Å²) in [6.07, 6.45) is 1.05. The van der Waals surface area contributed by atoms with Crippen molar-refractivity contribution in [1.29, 1.82) is 0 Å². The van der Waals surface area contributed by atoms with Crippen molar-refractivity contribution in [2.75, 3.05) is 13.7 Å². The van der Waals surface area contributed by atoms with Crippen LogP contribution < -0.4 is 10.1 Å². The van der Waals surface area contributed by atoms with Crippen molar-refractivity contribution in [1.82, 2.24) is 15.5 Å². The second-order valence-electron chi connectivity index (χ2n) is 4.59. The van der Waals surface area contributed by atoms with Gasteiger partial charge in [0.1, 0.15) is 0 Å². The smallest absolute Gasteiger partial charge is 0.233 e. The van der Waals surface area contributed by atoms with Gasteiger partial charge in [0, 0.05) is 6.07 Å². The summed E-state index contributed by atoms with van der Waals surface area (Å²) in [6.45, 7) is 5.12. The number of nitrogens with one attached hydrogen (secondary N) is 1. The van der Waals surface area contributed by atoms with Crippen LogP contribution in [-0.4, -0.2) is 23.9 Å². The van der Waals surface area contributed by atoms with Gasteiger partial charge in [0.2, 0.25) is 5.88 Å². The monoisotopic (exact) mass is 271 g/mol.